The molecular weight excluding hydrogens is 314 g/mol. The van der Waals surface area contributed by atoms with Crippen molar-refractivity contribution in [1.82, 2.24) is 10.2 Å². The normalized spacial score (nSPS) is 10.3. The van der Waals surface area contributed by atoms with E-state index in [9.17, 15) is 18.4 Å². The minimum absolute atomic E-state index is 0.149. The first-order valence-electron chi connectivity index (χ1n) is 7.55. The Morgan fingerprint density at radius 1 is 1.04 bits per heavy atom. The van der Waals surface area contributed by atoms with Gasteiger partial charge in [0.15, 0.2) is 0 Å². The largest absolute Gasteiger partial charge is 0.343 e. The maximum absolute atomic E-state index is 13.2. The third kappa shape index (κ3) is 4.87. The molecule has 0 saturated carbocycles. The van der Waals surface area contributed by atoms with Crippen molar-refractivity contribution >= 4 is 11.8 Å². The van der Waals surface area contributed by atoms with E-state index in [0.717, 1.165) is 6.07 Å². The van der Waals surface area contributed by atoms with Crippen LogP contribution in [0.3, 0.4) is 0 Å². The second-order valence-corrected chi connectivity index (χ2v) is 5.23. The van der Waals surface area contributed by atoms with E-state index in [1.54, 1.807) is 19.1 Å². The van der Waals surface area contributed by atoms with Crippen molar-refractivity contribution in [3.8, 4) is 0 Å². The van der Waals surface area contributed by atoms with Crippen LogP contribution in [0.25, 0.3) is 0 Å². The average Bonchev–Trinajstić information content (AvgIpc) is 2.57. The summed E-state index contributed by atoms with van der Waals surface area (Å²) in [5.41, 5.74) is 0.817. The fourth-order valence-electron chi connectivity index (χ4n) is 2.23. The minimum Gasteiger partial charge on any atom is -0.343 e. The summed E-state index contributed by atoms with van der Waals surface area (Å²) in [6, 6.07) is 11.2. The topological polar surface area (TPSA) is 49.4 Å². The van der Waals surface area contributed by atoms with Gasteiger partial charge < -0.3 is 10.2 Å². The molecule has 0 spiro atoms. The van der Waals surface area contributed by atoms with Crippen LogP contribution < -0.4 is 5.32 Å². The summed E-state index contributed by atoms with van der Waals surface area (Å²) in [5.74, 6) is -1.71. The number of benzene rings is 2. The number of hydrogen-bond donors (Lipinski definition) is 1. The molecule has 1 N–H and O–H groups in total. The molecule has 0 saturated heterocycles. The fraction of sp³-hybridized carbons (Fsp3) is 0.222. The van der Waals surface area contributed by atoms with Gasteiger partial charge in [0.2, 0.25) is 5.91 Å². The van der Waals surface area contributed by atoms with Crippen LogP contribution in [0.4, 0.5) is 8.78 Å². The van der Waals surface area contributed by atoms with Gasteiger partial charge in [0.1, 0.15) is 11.6 Å². The van der Waals surface area contributed by atoms with E-state index in [4.69, 9.17) is 0 Å². The minimum atomic E-state index is -0.523. The number of likely N-dealkylation sites (N-methyl/N-ethyl adjacent to an activating group) is 1. The molecule has 2 rings (SSSR count). The van der Waals surface area contributed by atoms with E-state index in [1.807, 2.05) is 0 Å². The van der Waals surface area contributed by atoms with Crippen LogP contribution in [0.1, 0.15) is 22.8 Å². The van der Waals surface area contributed by atoms with Crippen LogP contribution in [-0.4, -0.2) is 29.8 Å². The van der Waals surface area contributed by atoms with Crippen molar-refractivity contribution in [1.29, 1.82) is 0 Å². The summed E-state index contributed by atoms with van der Waals surface area (Å²) in [6.07, 6.45) is 0. The highest BCUT2D eigenvalue weighted by molar-refractivity contribution is 5.96. The van der Waals surface area contributed by atoms with Crippen LogP contribution in [0.2, 0.25) is 0 Å². The Bertz CT molecular complexity index is 734. The van der Waals surface area contributed by atoms with Gasteiger partial charge in [0.05, 0.1) is 6.54 Å². The van der Waals surface area contributed by atoms with E-state index >= 15 is 0 Å². The molecule has 24 heavy (non-hydrogen) atoms. The summed E-state index contributed by atoms with van der Waals surface area (Å²) < 4.78 is 26.3. The van der Waals surface area contributed by atoms with E-state index in [-0.39, 0.29) is 30.4 Å². The van der Waals surface area contributed by atoms with Crippen molar-refractivity contribution < 1.29 is 18.4 Å². The van der Waals surface area contributed by atoms with Gasteiger partial charge in [-0.3, -0.25) is 9.59 Å². The summed E-state index contributed by atoms with van der Waals surface area (Å²) in [5, 5.41) is 2.47. The lowest BCUT2D eigenvalue weighted by molar-refractivity contribution is -0.130. The molecule has 6 heteroatoms. The second-order valence-electron chi connectivity index (χ2n) is 5.23. The predicted octanol–water partition coefficient (Wildman–Crippen LogP) is 2.74. The van der Waals surface area contributed by atoms with E-state index in [2.05, 4.69) is 5.32 Å². The number of carbonyl (C=O) groups excluding carboxylic acids is 2. The molecule has 2 amide bonds. The predicted molar refractivity (Wildman–Crippen MR) is 86.2 cm³/mol. The lowest BCUT2D eigenvalue weighted by Gasteiger charge is -2.21. The number of carbonyl (C=O) groups is 2. The Morgan fingerprint density at radius 3 is 2.33 bits per heavy atom. The summed E-state index contributed by atoms with van der Waals surface area (Å²) >= 11 is 0. The average molecular weight is 332 g/mol. The number of rotatable bonds is 6. The molecule has 126 valence electrons. The highest BCUT2D eigenvalue weighted by atomic mass is 19.1. The van der Waals surface area contributed by atoms with Crippen molar-refractivity contribution in [3.63, 3.8) is 0 Å². The molecule has 0 fully saturated rings. The molecule has 0 unspecified atom stereocenters. The summed E-state index contributed by atoms with van der Waals surface area (Å²) in [4.78, 5) is 25.6. The smallest absolute Gasteiger partial charge is 0.251 e. The maximum Gasteiger partial charge on any atom is 0.251 e. The second kappa shape index (κ2) is 8.19. The van der Waals surface area contributed by atoms with E-state index < -0.39 is 11.7 Å². The zero-order valence-corrected chi connectivity index (χ0v) is 13.3. The van der Waals surface area contributed by atoms with Crippen LogP contribution >= 0.6 is 0 Å². The molecule has 2 aromatic carbocycles. The van der Waals surface area contributed by atoms with Gasteiger partial charge in [-0.05, 0) is 42.8 Å². The summed E-state index contributed by atoms with van der Waals surface area (Å²) in [6.45, 7) is 2.26. The Kier molecular flexibility index (Phi) is 6.01. The van der Waals surface area contributed by atoms with Crippen LogP contribution in [0.15, 0.2) is 48.5 Å². The lowest BCUT2D eigenvalue weighted by Crippen LogP contribution is -2.39. The molecule has 0 aliphatic rings. The van der Waals surface area contributed by atoms with Crippen molar-refractivity contribution in [3.05, 3.63) is 71.3 Å². The molecule has 0 bridgehead atoms. The van der Waals surface area contributed by atoms with Gasteiger partial charge in [-0.25, -0.2) is 8.78 Å². The first-order chi connectivity index (χ1) is 11.5. The number of amides is 2. The SMILES string of the molecule is CCN(Cc1cccc(F)c1)C(=O)CNC(=O)c1cccc(F)c1. The highest BCUT2D eigenvalue weighted by Crippen LogP contribution is 2.08. The molecule has 0 aromatic heterocycles. The highest BCUT2D eigenvalue weighted by Gasteiger charge is 2.14. The first-order valence-corrected chi connectivity index (χ1v) is 7.55. The molecule has 0 atom stereocenters. The molecule has 2 aromatic rings. The Hall–Kier alpha value is -2.76. The lowest BCUT2D eigenvalue weighted by atomic mass is 10.2. The number of nitrogens with one attached hydrogen (secondary N) is 1. The number of halogens is 2. The molecule has 0 heterocycles. The van der Waals surface area contributed by atoms with Gasteiger partial charge in [0.25, 0.3) is 5.91 Å². The number of nitrogens with zero attached hydrogens (tertiary/aromatic N) is 1. The van der Waals surface area contributed by atoms with Gasteiger partial charge in [-0.2, -0.15) is 0 Å². The third-order valence-corrected chi connectivity index (χ3v) is 3.48. The zero-order chi connectivity index (χ0) is 17.5. The zero-order valence-electron chi connectivity index (χ0n) is 13.3. The molecular formula is C18H18F2N2O2. The molecule has 0 aliphatic carbocycles. The molecule has 0 radical (unpaired) electrons. The Labute approximate surface area is 139 Å². The van der Waals surface area contributed by atoms with Gasteiger partial charge in [0, 0.05) is 18.7 Å². The Morgan fingerprint density at radius 2 is 1.71 bits per heavy atom. The Balaban J connectivity index is 1.93. The van der Waals surface area contributed by atoms with Gasteiger partial charge in [-0.15, -0.1) is 0 Å². The van der Waals surface area contributed by atoms with Crippen molar-refractivity contribution in [2.45, 2.75) is 13.5 Å². The van der Waals surface area contributed by atoms with Gasteiger partial charge >= 0.3 is 0 Å². The van der Waals surface area contributed by atoms with Gasteiger partial charge in [-0.1, -0.05) is 18.2 Å². The van der Waals surface area contributed by atoms with Crippen LogP contribution in [-0.2, 0) is 11.3 Å². The van der Waals surface area contributed by atoms with E-state index in [0.29, 0.717) is 12.1 Å². The van der Waals surface area contributed by atoms with Crippen molar-refractivity contribution in [2.24, 2.45) is 0 Å². The van der Waals surface area contributed by atoms with Crippen LogP contribution in [0.5, 0.6) is 0 Å². The standard InChI is InChI=1S/C18H18F2N2O2/c1-2-22(12-13-5-3-7-15(19)9-13)17(23)11-21-18(24)14-6-4-8-16(20)10-14/h3-10H,2,11-12H2,1H3,(H,21,24). The fourth-order valence-corrected chi connectivity index (χ4v) is 2.23. The molecule has 0 aliphatic heterocycles. The maximum atomic E-state index is 13.2. The first kappa shape index (κ1) is 17.6. The van der Waals surface area contributed by atoms with Crippen molar-refractivity contribution in [2.75, 3.05) is 13.1 Å². The molecule has 4 nitrogen and oxygen atoms in total. The quantitative estimate of drug-likeness (QED) is 0.884. The third-order valence-electron chi connectivity index (χ3n) is 3.48. The number of hydrogen-bond acceptors (Lipinski definition) is 2. The van der Waals surface area contributed by atoms with E-state index in [1.165, 1.54) is 35.2 Å². The summed E-state index contributed by atoms with van der Waals surface area (Å²) in [7, 11) is 0. The van der Waals surface area contributed by atoms with Crippen LogP contribution in [0, 0.1) is 11.6 Å². The monoisotopic (exact) mass is 332 g/mol.